The molecule has 0 unspecified atom stereocenters. The minimum absolute atomic E-state index is 0.381. The lowest BCUT2D eigenvalue weighted by molar-refractivity contribution is 0.262. The Morgan fingerprint density at radius 2 is 1.80 bits per heavy atom. The molecule has 1 aromatic heterocycles. The highest BCUT2D eigenvalue weighted by atomic mass is 35.5. The molecule has 0 spiro atoms. The van der Waals surface area contributed by atoms with Crippen molar-refractivity contribution in [3.63, 3.8) is 0 Å². The average Bonchev–Trinajstić information content (AvgIpc) is 2.54. The Kier molecular flexibility index (Phi) is 4.76. The van der Waals surface area contributed by atoms with Crippen LogP contribution in [0.25, 0.3) is 10.9 Å². The van der Waals surface area contributed by atoms with Gasteiger partial charge in [-0.2, -0.15) is 0 Å². The predicted octanol–water partition coefficient (Wildman–Crippen LogP) is 5.16. The van der Waals surface area contributed by atoms with Gasteiger partial charge in [0.15, 0.2) is 0 Å². The minimum atomic E-state index is -0.381. The topological polar surface area (TPSA) is 63.2 Å². The van der Waals surface area contributed by atoms with Crippen molar-refractivity contribution in [2.45, 2.75) is 13.8 Å². The molecule has 2 aromatic carbocycles. The van der Waals surface area contributed by atoms with Gasteiger partial charge < -0.3 is 15.4 Å². The Hall–Kier alpha value is -2.79. The van der Waals surface area contributed by atoms with Gasteiger partial charge in [-0.3, -0.25) is 4.98 Å². The molecule has 2 N–H and O–H groups in total. The summed E-state index contributed by atoms with van der Waals surface area (Å²) < 4.78 is 5.24. The highest BCUT2D eigenvalue weighted by Gasteiger charge is 2.11. The Morgan fingerprint density at radius 1 is 1.04 bits per heavy atom. The van der Waals surface area contributed by atoms with Crippen LogP contribution in [0.1, 0.15) is 11.3 Å². The normalized spacial score (nSPS) is 10.6. The molecule has 3 rings (SSSR count). The van der Waals surface area contributed by atoms with Gasteiger partial charge in [0.25, 0.3) is 0 Å². The van der Waals surface area contributed by atoms with Gasteiger partial charge in [0.2, 0.25) is 0 Å². The summed E-state index contributed by atoms with van der Waals surface area (Å²) in [5.41, 5.74) is 3.98. The van der Waals surface area contributed by atoms with Crippen LogP contribution in [0.15, 0.2) is 42.5 Å². The van der Waals surface area contributed by atoms with E-state index in [9.17, 15) is 4.79 Å². The highest BCUT2D eigenvalue weighted by Crippen LogP contribution is 2.28. The third kappa shape index (κ3) is 3.83. The summed E-state index contributed by atoms with van der Waals surface area (Å²) in [4.78, 5) is 17.0. The lowest BCUT2D eigenvalue weighted by atomic mass is 10.1. The van der Waals surface area contributed by atoms with Crippen LogP contribution in [0.4, 0.5) is 16.2 Å². The number of nitrogens with zero attached hydrogens (tertiary/aromatic N) is 1. The molecule has 0 saturated heterocycles. The smallest absolute Gasteiger partial charge is 0.323 e. The maximum atomic E-state index is 12.4. The molecule has 0 aliphatic rings. The molecule has 0 bridgehead atoms. The zero-order chi connectivity index (χ0) is 18.0. The van der Waals surface area contributed by atoms with Crippen molar-refractivity contribution in [1.29, 1.82) is 0 Å². The number of anilines is 2. The second-order valence-electron chi connectivity index (χ2n) is 5.76. The molecule has 3 aromatic rings. The fraction of sp³-hybridized carbons (Fsp3) is 0.158. The number of fused-ring (bicyclic) bond motifs is 1. The molecule has 6 heteroatoms. The van der Waals surface area contributed by atoms with E-state index in [-0.39, 0.29) is 6.03 Å². The number of rotatable bonds is 3. The number of aryl methyl sites for hydroxylation is 2. The molecule has 2 amide bonds. The van der Waals surface area contributed by atoms with Gasteiger partial charge in [0.1, 0.15) is 5.75 Å². The van der Waals surface area contributed by atoms with Gasteiger partial charge in [0.05, 0.1) is 24.0 Å². The van der Waals surface area contributed by atoms with E-state index < -0.39 is 0 Å². The molecular weight excluding hydrogens is 338 g/mol. The van der Waals surface area contributed by atoms with E-state index in [1.165, 1.54) is 7.11 Å². The van der Waals surface area contributed by atoms with E-state index >= 15 is 0 Å². The summed E-state index contributed by atoms with van der Waals surface area (Å²) in [7, 11) is 1.54. The van der Waals surface area contributed by atoms with Crippen LogP contribution in [-0.4, -0.2) is 18.1 Å². The summed E-state index contributed by atoms with van der Waals surface area (Å²) in [6, 6.07) is 12.4. The molecular formula is C19H18ClN3O2. The van der Waals surface area contributed by atoms with Crippen molar-refractivity contribution in [3.05, 3.63) is 58.7 Å². The fourth-order valence-electron chi connectivity index (χ4n) is 2.63. The van der Waals surface area contributed by atoms with Crippen LogP contribution in [0.3, 0.4) is 0 Å². The summed E-state index contributed by atoms with van der Waals surface area (Å²) in [6.07, 6.45) is 0. The zero-order valence-electron chi connectivity index (χ0n) is 14.2. The molecule has 0 radical (unpaired) electrons. The van der Waals surface area contributed by atoms with Crippen LogP contribution >= 0.6 is 11.6 Å². The van der Waals surface area contributed by atoms with Crippen LogP contribution in [0.5, 0.6) is 5.75 Å². The number of hydrogen-bond donors (Lipinski definition) is 2. The third-order valence-corrected chi connectivity index (χ3v) is 3.99. The molecule has 0 fully saturated rings. The first-order chi connectivity index (χ1) is 12.0. The lowest BCUT2D eigenvalue weighted by Crippen LogP contribution is -2.20. The second kappa shape index (κ2) is 6.99. The maximum Gasteiger partial charge on any atom is 0.323 e. The van der Waals surface area contributed by atoms with Gasteiger partial charge in [-0.25, -0.2) is 4.79 Å². The molecule has 128 valence electrons. The summed E-state index contributed by atoms with van der Waals surface area (Å²) >= 11 is 6.00. The van der Waals surface area contributed by atoms with E-state index in [1.807, 2.05) is 38.1 Å². The number of ether oxygens (including phenoxy) is 1. The van der Waals surface area contributed by atoms with E-state index in [0.29, 0.717) is 22.1 Å². The molecule has 0 atom stereocenters. The fourth-order valence-corrected chi connectivity index (χ4v) is 2.80. The van der Waals surface area contributed by atoms with Crippen LogP contribution in [0.2, 0.25) is 5.02 Å². The molecule has 5 nitrogen and oxygen atoms in total. The number of hydrogen-bond acceptors (Lipinski definition) is 3. The molecule has 0 saturated carbocycles. The van der Waals surface area contributed by atoms with Crippen molar-refractivity contribution in [2.75, 3.05) is 17.7 Å². The lowest BCUT2D eigenvalue weighted by Gasteiger charge is -2.13. The first kappa shape index (κ1) is 17.0. The highest BCUT2D eigenvalue weighted by molar-refractivity contribution is 6.31. The number of urea groups is 1. The van der Waals surface area contributed by atoms with Crippen molar-refractivity contribution < 1.29 is 9.53 Å². The van der Waals surface area contributed by atoms with Crippen molar-refractivity contribution in [1.82, 2.24) is 4.98 Å². The van der Waals surface area contributed by atoms with Crippen molar-refractivity contribution >= 4 is 39.9 Å². The van der Waals surface area contributed by atoms with Gasteiger partial charge in [0, 0.05) is 16.1 Å². The molecule has 0 aliphatic carbocycles. The largest absolute Gasteiger partial charge is 0.495 e. The Bertz CT molecular complexity index is 952. The molecule has 1 heterocycles. The standard InChI is InChI=1S/C19H18ClN3O2/c1-11-4-6-14-15(8-11)21-12(2)9-16(14)22-19(24)23-17-10-13(20)5-7-18(17)25-3/h4-10H,1-3H3,(H2,21,22,23,24). The summed E-state index contributed by atoms with van der Waals surface area (Å²) in [6.45, 7) is 3.90. The molecule has 0 aliphatic heterocycles. The van der Waals surface area contributed by atoms with Gasteiger partial charge in [-0.15, -0.1) is 0 Å². The van der Waals surface area contributed by atoms with E-state index in [2.05, 4.69) is 15.6 Å². The number of pyridine rings is 1. The summed E-state index contributed by atoms with van der Waals surface area (Å²) in [5, 5.41) is 7.03. The maximum absolute atomic E-state index is 12.4. The average molecular weight is 356 g/mol. The monoisotopic (exact) mass is 355 g/mol. The minimum Gasteiger partial charge on any atom is -0.495 e. The number of nitrogens with one attached hydrogen (secondary N) is 2. The van der Waals surface area contributed by atoms with Crippen LogP contribution < -0.4 is 15.4 Å². The van der Waals surface area contributed by atoms with Crippen molar-refractivity contribution in [2.24, 2.45) is 0 Å². The number of halogens is 1. The van der Waals surface area contributed by atoms with Gasteiger partial charge >= 0.3 is 6.03 Å². The van der Waals surface area contributed by atoms with Crippen LogP contribution in [0, 0.1) is 13.8 Å². The number of carbonyl (C=O) groups is 1. The van der Waals surface area contributed by atoms with Gasteiger partial charge in [-0.05, 0) is 49.7 Å². The quantitative estimate of drug-likeness (QED) is 0.682. The van der Waals surface area contributed by atoms with E-state index in [0.717, 1.165) is 22.2 Å². The van der Waals surface area contributed by atoms with Crippen LogP contribution in [-0.2, 0) is 0 Å². The van der Waals surface area contributed by atoms with E-state index in [1.54, 1.807) is 18.2 Å². The molecule has 25 heavy (non-hydrogen) atoms. The van der Waals surface area contributed by atoms with Gasteiger partial charge in [-0.1, -0.05) is 23.7 Å². The zero-order valence-corrected chi connectivity index (χ0v) is 14.9. The number of amides is 2. The number of benzene rings is 2. The third-order valence-electron chi connectivity index (χ3n) is 3.75. The van der Waals surface area contributed by atoms with Crippen molar-refractivity contribution in [3.8, 4) is 5.75 Å². The Balaban J connectivity index is 1.89. The second-order valence-corrected chi connectivity index (χ2v) is 6.19. The SMILES string of the molecule is COc1ccc(Cl)cc1NC(=O)Nc1cc(C)nc2cc(C)ccc12. The number of carbonyl (C=O) groups excluding carboxylic acids is 1. The van der Waals surface area contributed by atoms with E-state index in [4.69, 9.17) is 16.3 Å². The Labute approximate surface area is 151 Å². The summed E-state index contributed by atoms with van der Waals surface area (Å²) in [5.74, 6) is 0.533. The number of aromatic nitrogens is 1. The Morgan fingerprint density at radius 3 is 2.56 bits per heavy atom. The first-order valence-electron chi connectivity index (χ1n) is 7.76. The number of methoxy groups -OCH3 is 1. The first-order valence-corrected chi connectivity index (χ1v) is 8.13. The predicted molar refractivity (Wildman–Crippen MR) is 102 cm³/mol.